The smallest absolute Gasteiger partial charge is 0.358 e. The molecule has 0 aliphatic rings. The molecule has 1 aromatic carbocycles. The Morgan fingerprint density at radius 2 is 2.11 bits per heavy atom. The van der Waals surface area contributed by atoms with E-state index in [-0.39, 0.29) is 11.5 Å². The van der Waals surface area contributed by atoms with E-state index in [1.165, 1.54) is 23.0 Å². The Balaban J connectivity index is 1.94. The van der Waals surface area contributed by atoms with Crippen LogP contribution in [0.4, 0.5) is 10.1 Å². The van der Waals surface area contributed by atoms with Gasteiger partial charge in [0.05, 0.1) is 12.7 Å². The molecule has 0 amide bonds. The summed E-state index contributed by atoms with van der Waals surface area (Å²) in [7, 11) is 1.86. The van der Waals surface area contributed by atoms with Gasteiger partial charge < -0.3 is 10.0 Å². The van der Waals surface area contributed by atoms with E-state index < -0.39 is 5.97 Å². The van der Waals surface area contributed by atoms with Crippen LogP contribution in [-0.4, -0.2) is 39.7 Å². The molecule has 0 radical (unpaired) electrons. The van der Waals surface area contributed by atoms with Crippen LogP contribution in [0.1, 0.15) is 10.5 Å². The maximum Gasteiger partial charge on any atom is 0.358 e. The van der Waals surface area contributed by atoms with Crippen molar-refractivity contribution in [2.45, 2.75) is 6.54 Å². The molecular formula is C12H13FN4O2. The van der Waals surface area contributed by atoms with Gasteiger partial charge in [0.2, 0.25) is 0 Å². The number of carboxylic acid groups (broad SMARTS) is 1. The predicted octanol–water partition coefficient (Wildman–Crippen LogP) is 1.25. The molecule has 1 aromatic heterocycles. The van der Waals surface area contributed by atoms with E-state index in [0.717, 1.165) is 5.69 Å². The minimum absolute atomic E-state index is 0.0792. The lowest BCUT2D eigenvalue weighted by Gasteiger charge is -2.18. The molecule has 0 saturated heterocycles. The number of rotatable bonds is 5. The average molecular weight is 264 g/mol. The Morgan fingerprint density at radius 1 is 1.42 bits per heavy atom. The van der Waals surface area contributed by atoms with Crippen molar-refractivity contribution in [3.05, 3.63) is 42.0 Å². The van der Waals surface area contributed by atoms with Crippen LogP contribution in [-0.2, 0) is 6.54 Å². The zero-order valence-electron chi connectivity index (χ0n) is 10.3. The van der Waals surface area contributed by atoms with Crippen LogP contribution < -0.4 is 4.90 Å². The van der Waals surface area contributed by atoms with E-state index in [1.807, 2.05) is 11.9 Å². The Kier molecular flexibility index (Phi) is 3.74. The molecule has 0 fully saturated rings. The standard InChI is InChI=1S/C12H13FN4O2/c1-16(10-4-2-9(13)3-5-10)6-7-17-8-11(12(18)19)14-15-17/h2-5,8H,6-7H2,1H3,(H,18,19). The number of hydrogen-bond acceptors (Lipinski definition) is 4. The van der Waals surface area contributed by atoms with E-state index in [1.54, 1.807) is 12.1 Å². The largest absolute Gasteiger partial charge is 0.476 e. The van der Waals surface area contributed by atoms with E-state index in [4.69, 9.17) is 5.11 Å². The third-order valence-corrected chi connectivity index (χ3v) is 2.69. The first-order valence-corrected chi connectivity index (χ1v) is 5.66. The quantitative estimate of drug-likeness (QED) is 0.880. The fraction of sp³-hybridized carbons (Fsp3) is 0.250. The number of aromatic carboxylic acids is 1. The molecule has 2 rings (SSSR count). The Labute approximate surface area is 109 Å². The second kappa shape index (κ2) is 5.47. The average Bonchev–Trinajstić information content (AvgIpc) is 2.86. The summed E-state index contributed by atoms with van der Waals surface area (Å²) in [6.07, 6.45) is 1.38. The van der Waals surface area contributed by atoms with E-state index >= 15 is 0 Å². The second-order valence-electron chi connectivity index (χ2n) is 4.07. The molecule has 0 unspecified atom stereocenters. The van der Waals surface area contributed by atoms with Crippen molar-refractivity contribution in [2.75, 3.05) is 18.5 Å². The maximum absolute atomic E-state index is 12.8. The zero-order chi connectivity index (χ0) is 13.8. The fourth-order valence-corrected chi connectivity index (χ4v) is 1.58. The van der Waals surface area contributed by atoms with Crippen LogP contribution in [0.2, 0.25) is 0 Å². The Morgan fingerprint density at radius 3 is 2.68 bits per heavy atom. The van der Waals surface area contributed by atoms with Crippen LogP contribution in [0.25, 0.3) is 0 Å². The van der Waals surface area contributed by atoms with Crippen LogP contribution >= 0.6 is 0 Å². The van der Waals surface area contributed by atoms with Gasteiger partial charge in [0.15, 0.2) is 5.69 Å². The number of carboxylic acids is 1. The number of benzene rings is 1. The summed E-state index contributed by atoms with van der Waals surface area (Å²) in [4.78, 5) is 12.6. The number of carbonyl (C=O) groups is 1. The molecule has 0 aliphatic carbocycles. The first kappa shape index (κ1) is 13.0. The number of anilines is 1. The molecular weight excluding hydrogens is 251 g/mol. The van der Waals surface area contributed by atoms with Gasteiger partial charge in [-0.05, 0) is 24.3 Å². The molecule has 7 heteroatoms. The van der Waals surface area contributed by atoms with E-state index in [0.29, 0.717) is 13.1 Å². The summed E-state index contributed by atoms with van der Waals surface area (Å²) in [5.74, 6) is -1.38. The SMILES string of the molecule is CN(CCn1cc(C(=O)O)nn1)c1ccc(F)cc1. The summed E-state index contributed by atoms with van der Waals surface area (Å²) in [5, 5.41) is 16.0. The van der Waals surface area contributed by atoms with Gasteiger partial charge in [-0.2, -0.15) is 0 Å². The summed E-state index contributed by atoms with van der Waals surface area (Å²) in [5.41, 5.74) is 0.796. The lowest BCUT2D eigenvalue weighted by Crippen LogP contribution is -2.22. The number of halogens is 1. The van der Waals surface area contributed by atoms with Crippen molar-refractivity contribution in [1.29, 1.82) is 0 Å². The van der Waals surface area contributed by atoms with Crippen LogP contribution in [0.5, 0.6) is 0 Å². The normalized spacial score (nSPS) is 10.4. The maximum atomic E-state index is 12.8. The molecule has 1 heterocycles. The van der Waals surface area contributed by atoms with Crippen LogP contribution in [0.3, 0.4) is 0 Å². The molecule has 100 valence electrons. The molecule has 2 aromatic rings. The van der Waals surface area contributed by atoms with Gasteiger partial charge >= 0.3 is 5.97 Å². The minimum atomic E-state index is -1.10. The summed E-state index contributed by atoms with van der Waals surface area (Å²) in [6.45, 7) is 1.10. The fourth-order valence-electron chi connectivity index (χ4n) is 1.58. The van der Waals surface area contributed by atoms with Gasteiger partial charge in [0.25, 0.3) is 0 Å². The first-order valence-electron chi connectivity index (χ1n) is 5.66. The lowest BCUT2D eigenvalue weighted by atomic mass is 10.3. The molecule has 0 saturated carbocycles. The molecule has 0 aliphatic heterocycles. The highest BCUT2D eigenvalue weighted by Gasteiger charge is 2.08. The predicted molar refractivity (Wildman–Crippen MR) is 66.7 cm³/mol. The monoisotopic (exact) mass is 264 g/mol. The van der Waals surface area contributed by atoms with Crippen molar-refractivity contribution in [1.82, 2.24) is 15.0 Å². The molecule has 0 atom stereocenters. The second-order valence-corrected chi connectivity index (χ2v) is 4.07. The van der Waals surface area contributed by atoms with Crippen LogP contribution in [0, 0.1) is 5.82 Å². The number of aromatic nitrogens is 3. The van der Waals surface area contributed by atoms with Gasteiger partial charge in [-0.1, -0.05) is 5.21 Å². The summed E-state index contributed by atoms with van der Waals surface area (Å²) < 4.78 is 14.2. The molecule has 19 heavy (non-hydrogen) atoms. The first-order chi connectivity index (χ1) is 9.06. The van der Waals surface area contributed by atoms with Gasteiger partial charge in [-0.15, -0.1) is 5.10 Å². The zero-order valence-corrected chi connectivity index (χ0v) is 10.3. The van der Waals surface area contributed by atoms with Gasteiger partial charge in [-0.25, -0.2) is 13.9 Å². The van der Waals surface area contributed by atoms with Gasteiger partial charge in [-0.3, -0.25) is 0 Å². The topological polar surface area (TPSA) is 71.2 Å². The number of nitrogens with zero attached hydrogens (tertiary/aromatic N) is 4. The highest BCUT2D eigenvalue weighted by Crippen LogP contribution is 2.12. The Hall–Kier alpha value is -2.44. The molecule has 0 spiro atoms. The number of likely N-dealkylation sites (N-methyl/N-ethyl adjacent to an activating group) is 1. The van der Waals surface area contributed by atoms with Crippen molar-refractivity contribution < 1.29 is 14.3 Å². The minimum Gasteiger partial charge on any atom is -0.476 e. The van der Waals surface area contributed by atoms with Crippen molar-refractivity contribution in [2.24, 2.45) is 0 Å². The molecule has 1 N–H and O–H groups in total. The summed E-state index contributed by atoms with van der Waals surface area (Å²) >= 11 is 0. The Bertz CT molecular complexity index is 567. The van der Waals surface area contributed by atoms with Gasteiger partial charge in [0, 0.05) is 19.3 Å². The van der Waals surface area contributed by atoms with Crippen molar-refractivity contribution in [3.8, 4) is 0 Å². The third kappa shape index (κ3) is 3.27. The highest BCUT2D eigenvalue weighted by molar-refractivity contribution is 5.84. The molecule has 6 nitrogen and oxygen atoms in total. The van der Waals surface area contributed by atoms with Crippen molar-refractivity contribution in [3.63, 3.8) is 0 Å². The number of hydrogen-bond donors (Lipinski definition) is 1. The molecule has 0 bridgehead atoms. The van der Waals surface area contributed by atoms with E-state index in [9.17, 15) is 9.18 Å². The highest BCUT2D eigenvalue weighted by atomic mass is 19.1. The summed E-state index contributed by atoms with van der Waals surface area (Å²) in [6, 6.07) is 6.15. The van der Waals surface area contributed by atoms with Crippen LogP contribution in [0.15, 0.2) is 30.5 Å². The van der Waals surface area contributed by atoms with Gasteiger partial charge in [0.1, 0.15) is 5.82 Å². The van der Waals surface area contributed by atoms with Crippen molar-refractivity contribution >= 4 is 11.7 Å². The lowest BCUT2D eigenvalue weighted by molar-refractivity contribution is 0.0690. The van der Waals surface area contributed by atoms with E-state index in [2.05, 4.69) is 10.3 Å². The third-order valence-electron chi connectivity index (χ3n) is 2.69.